The van der Waals surface area contributed by atoms with Crippen molar-refractivity contribution in [2.24, 2.45) is 0 Å². The van der Waals surface area contributed by atoms with Gasteiger partial charge in [-0.3, -0.25) is 9.48 Å². The zero-order chi connectivity index (χ0) is 15.8. The number of nitrogens with one attached hydrogen (secondary N) is 1. The Kier molecular flexibility index (Phi) is 3.04. The van der Waals surface area contributed by atoms with Gasteiger partial charge in [0.1, 0.15) is 11.4 Å². The summed E-state index contributed by atoms with van der Waals surface area (Å²) in [5, 5.41) is 7.26. The minimum atomic E-state index is -0.111. The van der Waals surface area contributed by atoms with E-state index in [9.17, 15) is 4.79 Å². The molecule has 1 aliphatic heterocycles. The molecule has 1 amide bonds. The third-order valence-electron chi connectivity index (χ3n) is 3.68. The van der Waals surface area contributed by atoms with E-state index < -0.39 is 0 Å². The van der Waals surface area contributed by atoms with Crippen LogP contribution >= 0.6 is 0 Å². The molecule has 0 atom stereocenters. The molecule has 4 rings (SSSR count). The Balaban J connectivity index is 1.76. The van der Waals surface area contributed by atoms with E-state index in [-0.39, 0.29) is 5.91 Å². The van der Waals surface area contributed by atoms with Crippen molar-refractivity contribution in [2.45, 2.75) is 6.54 Å². The zero-order valence-electron chi connectivity index (χ0n) is 12.2. The number of nitrogens with zero attached hydrogens (tertiary/aromatic N) is 4. The van der Waals surface area contributed by atoms with Crippen LogP contribution in [0.4, 0.5) is 5.69 Å². The average molecular weight is 306 g/mol. The van der Waals surface area contributed by atoms with Crippen LogP contribution < -0.4 is 11.1 Å². The lowest BCUT2D eigenvalue weighted by Crippen LogP contribution is -2.35. The van der Waals surface area contributed by atoms with Crippen LogP contribution in [-0.4, -0.2) is 32.2 Å². The van der Waals surface area contributed by atoms with E-state index in [0.717, 1.165) is 5.56 Å². The first-order valence-electron chi connectivity index (χ1n) is 7.26. The lowest BCUT2D eigenvalue weighted by Gasteiger charge is -2.13. The summed E-state index contributed by atoms with van der Waals surface area (Å²) in [5.41, 5.74) is 9.19. The number of fused-ring (bicyclic) bond motifs is 1. The molecule has 0 spiro atoms. The number of nitrogen functional groups attached to an aromatic ring is 1. The Morgan fingerprint density at radius 1 is 1.17 bits per heavy atom. The summed E-state index contributed by atoms with van der Waals surface area (Å²) in [4.78, 5) is 20.7. The van der Waals surface area contributed by atoms with Gasteiger partial charge in [0.25, 0.3) is 5.91 Å². The highest BCUT2D eigenvalue weighted by Gasteiger charge is 2.20. The molecule has 0 bridgehead atoms. The monoisotopic (exact) mass is 306 g/mol. The molecule has 1 aromatic carbocycles. The van der Waals surface area contributed by atoms with E-state index in [0.29, 0.717) is 41.7 Å². The van der Waals surface area contributed by atoms with Crippen LogP contribution in [0.3, 0.4) is 0 Å². The van der Waals surface area contributed by atoms with Gasteiger partial charge in [0.2, 0.25) is 0 Å². The summed E-state index contributed by atoms with van der Waals surface area (Å²) in [6.07, 6.45) is 1.68. The standard InChI is InChI=1S/C16H14N6O/c17-11-3-1-2-10(8-11)15-18-5-4-12(20-15)13-9-14-16(23)19-6-7-22(14)21-13/h1-5,8-9H,6-7,17H2,(H,19,23). The number of hydrogen-bond donors (Lipinski definition) is 2. The van der Waals surface area contributed by atoms with Crippen LogP contribution in [0.1, 0.15) is 10.5 Å². The number of benzene rings is 1. The van der Waals surface area contributed by atoms with Crippen molar-refractivity contribution in [2.75, 3.05) is 12.3 Å². The summed E-state index contributed by atoms with van der Waals surface area (Å²) >= 11 is 0. The Morgan fingerprint density at radius 3 is 2.91 bits per heavy atom. The van der Waals surface area contributed by atoms with Gasteiger partial charge >= 0.3 is 0 Å². The SMILES string of the molecule is Nc1cccc(-c2nccc(-c3cc4n(n3)CCNC4=O)n2)c1. The molecule has 0 saturated heterocycles. The van der Waals surface area contributed by atoms with Crippen LogP contribution in [0.15, 0.2) is 42.6 Å². The van der Waals surface area contributed by atoms with Gasteiger partial charge in [0.05, 0.1) is 12.2 Å². The Bertz CT molecular complexity index is 901. The molecule has 2 aromatic heterocycles. The van der Waals surface area contributed by atoms with E-state index in [4.69, 9.17) is 5.73 Å². The maximum Gasteiger partial charge on any atom is 0.269 e. The molecule has 3 aromatic rings. The van der Waals surface area contributed by atoms with Crippen LogP contribution in [0.25, 0.3) is 22.8 Å². The van der Waals surface area contributed by atoms with Gasteiger partial charge in [-0.15, -0.1) is 0 Å². The minimum Gasteiger partial charge on any atom is -0.399 e. The van der Waals surface area contributed by atoms with Crippen LogP contribution in [0.2, 0.25) is 0 Å². The molecule has 0 radical (unpaired) electrons. The van der Waals surface area contributed by atoms with Gasteiger partial charge in [-0.25, -0.2) is 9.97 Å². The second-order valence-electron chi connectivity index (χ2n) is 5.28. The lowest BCUT2D eigenvalue weighted by molar-refractivity contribution is 0.0924. The van der Waals surface area contributed by atoms with E-state index in [2.05, 4.69) is 20.4 Å². The van der Waals surface area contributed by atoms with Gasteiger partial charge in [0, 0.05) is 24.0 Å². The van der Waals surface area contributed by atoms with E-state index >= 15 is 0 Å². The van der Waals surface area contributed by atoms with Crippen molar-refractivity contribution < 1.29 is 4.79 Å². The fourth-order valence-corrected chi connectivity index (χ4v) is 2.58. The fourth-order valence-electron chi connectivity index (χ4n) is 2.58. The molecule has 7 nitrogen and oxygen atoms in total. The quantitative estimate of drug-likeness (QED) is 0.696. The number of carbonyl (C=O) groups is 1. The number of aromatic nitrogens is 4. The predicted octanol–water partition coefficient (Wildman–Crippen LogP) is 1.33. The fraction of sp³-hybridized carbons (Fsp3) is 0.125. The van der Waals surface area contributed by atoms with Gasteiger partial charge in [0.15, 0.2) is 5.82 Å². The number of rotatable bonds is 2. The Morgan fingerprint density at radius 2 is 2.09 bits per heavy atom. The zero-order valence-corrected chi connectivity index (χ0v) is 12.2. The van der Waals surface area contributed by atoms with Crippen molar-refractivity contribution in [3.8, 4) is 22.8 Å². The van der Waals surface area contributed by atoms with E-state index in [1.807, 2.05) is 24.3 Å². The van der Waals surface area contributed by atoms with Crippen LogP contribution in [0, 0.1) is 0 Å². The lowest BCUT2D eigenvalue weighted by atomic mass is 10.2. The molecular formula is C16H14N6O. The molecule has 7 heteroatoms. The number of anilines is 1. The molecular weight excluding hydrogens is 292 g/mol. The molecule has 0 fully saturated rings. The molecule has 1 aliphatic rings. The van der Waals surface area contributed by atoms with Crippen LogP contribution in [-0.2, 0) is 6.54 Å². The number of nitrogens with two attached hydrogens (primary N) is 1. The molecule has 0 saturated carbocycles. The molecule has 114 valence electrons. The van der Waals surface area contributed by atoms with Crippen molar-refractivity contribution in [1.82, 2.24) is 25.1 Å². The van der Waals surface area contributed by atoms with Gasteiger partial charge in [-0.2, -0.15) is 5.10 Å². The highest BCUT2D eigenvalue weighted by molar-refractivity contribution is 5.94. The van der Waals surface area contributed by atoms with Crippen molar-refractivity contribution in [3.63, 3.8) is 0 Å². The second-order valence-corrected chi connectivity index (χ2v) is 5.28. The maximum absolute atomic E-state index is 11.8. The average Bonchev–Trinajstić information content (AvgIpc) is 3.01. The van der Waals surface area contributed by atoms with Crippen molar-refractivity contribution >= 4 is 11.6 Å². The highest BCUT2D eigenvalue weighted by atomic mass is 16.2. The summed E-state index contributed by atoms with van der Waals surface area (Å²) in [6.45, 7) is 1.25. The summed E-state index contributed by atoms with van der Waals surface area (Å²) in [5.74, 6) is 0.463. The van der Waals surface area contributed by atoms with Crippen molar-refractivity contribution in [1.29, 1.82) is 0 Å². The first-order valence-corrected chi connectivity index (χ1v) is 7.26. The molecule has 3 N–H and O–H groups in total. The first-order chi connectivity index (χ1) is 11.2. The molecule has 3 heterocycles. The smallest absolute Gasteiger partial charge is 0.269 e. The second kappa shape index (κ2) is 5.20. The summed E-state index contributed by atoms with van der Waals surface area (Å²) in [6, 6.07) is 10.9. The normalized spacial score (nSPS) is 13.5. The number of hydrogen-bond acceptors (Lipinski definition) is 5. The molecule has 0 aliphatic carbocycles. The van der Waals surface area contributed by atoms with E-state index in [1.54, 1.807) is 23.0 Å². The van der Waals surface area contributed by atoms with Gasteiger partial charge in [-0.1, -0.05) is 12.1 Å². The summed E-state index contributed by atoms with van der Waals surface area (Å²) in [7, 11) is 0. The van der Waals surface area contributed by atoms with Crippen molar-refractivity contribution in [3.05, 3.63) is 48.3 Å². The maximum atomic E-state index is 11.8. The Labute approximate surface area is 132 Å². The largest absolute Gasteiger partial charge is 0.399 e. The summed E-state index contributed by atoms with van der Waals surface area (Å²) < 4.78 is 1.70. The number of carbonyl (C=O) groups excluding carboxylic acids is 1. The molecule has 0 unspecified atom stereocenters. The van der Waals surface area contributed by atoms with Gasteiger partial charge in [-0.05, 0) is 24.3 Å². The Hall–Kier alpha value is -3.22. The topological polar surface area (TPSA) is 98.7 Å². The minimum absolute atomic E-state index is 0.111. The van der Waals surface area contributed by atoms with Gasteiger partial charge < -0.3 is 11.1 Å². The van der Waals surface area contributed by atoms with E-state index in [1.165, 1.54) is 0 Å². The predicted molar refractivity (Wildman–Crippen MR) is 85.4 cm³/mol. The third-order valence-corrected chi connectivity index (χ3v) is 3.68. The highest BCUT2D eigenvalue weighted by Crippen LogP contribution is 2.22. The third kappa shape index (κ3) is 2.42. The van der Waals surface area contributed by atoms with Crippen LogP contribution in [0.5, 0.6) is 0 Å². The molecule has 23 heavy (non-hydrogen) atoms. The number of amides is 1. The first kappa shape index (κ1) is 13.4.